The first-order chi connectivity index (χ1) is 9.97. The van der Waals surface area contributed by atoms with Crippen LogP contribution in [0.15, 0.2) is 46.9 Å². The molecule has 0 aromatic heterocycles. The van der Waals surface area contributed by atoms with E-state index < -0.39 is 0 Å². The Morgan fingerprint density at radius 2 is 2.00 bits per heavy atom. The number of hydrogen-bond donors (Lipinski definition) is 1. The molecule has 0 aliphatic carbocycles. The van der Waals surface area contributed by atoms with E-state index in [9.17, 15) is 4.79 Å². The number of aryl methyl sites for hydroxylation is 1. The van der Waals surface area contributed by atoms with Crippen LogP contribution in [0.5, 0.6) is 0 Å². The fraction of sp³-hybridized carbons (Fsp3) is 0.235. The standard InChI is InChI=1S/C17H17BrClNO/c1-11-7-8-15(18)14(9-11)17(21)20-12(2)10-13-5-3-4-6-16(13)19/h3-9,12H,10H2,1-2H3,(H,20,21). The molecule has 0 fully saturated rings. The summed E-state index contributed by atoms with van der Waals surface area (Å²) in [5.74, 6) is -0.0786. The van der Waals surface area contributed by atoms with Gasteiger partial charge in [0.2, 0.25) is 0 Å². The van der Waals surface area contributed by atoms with Gasteiger partial charge in [-0.2, -0.15) is 0 Å². The van der Waals surface area contributed by atoms with Gasteiger partial charge in [-0.1, -0.05) is 41.4 Å². The molecule has 2 nitrogen and oxygen atoms in total. The molecule has 1 N–H and O–H groups in total. The number of rotatable bonds is 4. The maximum atomic E-state index is 12.3. The quantitative estimate of drug-likeness (QED) is 0.829. The first kappa shape index (κ1) is 16.1. The Labute approximate surface area is 138 Å². The van der Waals surface area contributed by atoms with Gasteiger partial charge in [0, 0.05) is 15.5 Å². The summed E-state index contributed by atoms with van der Waals surface area (Å²) in [7, 11) is 0. The summed E-state index contributed by atoms with van der Waals surface area (Å²) in [6.45, 7) is 3.95. The normalized spacial score (nSPS) is 12.0. The highest BCUT2D eigenvalue weighted by atomic mass is 79.9. The van der Waals surface area contributed by atoms with Crippen LogP contribution in [0.25, 0.3) is 0 Å². The molecular formula is C17H17BrClNO. The summed E-state index contributed by atoms with van der Waals surface area (Å²) in [6, 6.07) is 13.4. The summed E-state index contributed by atoms with van der Waals surface area (Å²) in [6.07, 6.45) is 0.703. The molecule has 1 atom stereocenters. The van der Waals surface area contributed by atoms with Crippen LogP contribution in [-0.2, 0) is 6.42 Å². The Balaban J connectivity index is 2.06. The number of amides is 1. The van der Waals surface area contributed by atoms with Crippen LogP contribution < -0.4 is 5.32 Å². The van der Waals surface area contributed by atoms with Gasteiger partial charge in [-0.3, -0.25) is 4.79 Å². The van der Waals surface area contributed by atoms with E-state index >= 15 is 0 Å². The number of nitrogens with one attached hydrogen (secondary N) is 1. The molecule has 1 amide bonds. The SMILES string of the molecule is Cc1ccc(Br)c(C(=O)NC(C)Cc2ccccc2Cl)c1. The number of hydrogen-bond acceptors (Lipinski definition) is 1. The Hall–Kier alpha value is -1.32. The monoisotopic (exact) mass is 365 g/mol. The van der Waals surface area contributed by atoms with Gasteiger partial charge in [-0.25, -0.2) is 0 Å². The van der Waals surface area contributed by atoms with Gasteiger partial charge in [-0.15, -0.1) is 0 Å². The lowest BCUT2D eigenvalue weighted by Crippen LogP contribution is -2.34. The summed E-state index contributed by atoms with van der Waals surface area (Å²) in [5.41, 5.74) is 2.75. The summed E-state index contributed by atoms with van der Waals surface area (Å²) in [4.78, 5) is 12.3. The summed E-state index contributed by atoms with van der Waals surface area (Å²) >= 11 is 9.57. The van der Waals surface area contributed by atoms with Crippen molar-refractivity contribution in [3.05, 3.63) is 68.7 Å². The molecule has 0 heterocycles. The summed E-state index contributed by atoms with van der Waals surface area (Å²) < 4.78 is 0.801. The van der Waals surface area contributed by atoms with E-state index in [0.717, 1.165) is 20.6 Å². The first-order valence-corrected chi connectivity index (χ1v) is 7.95. The van der Waals surface area contributed by atoms with Crippen molar-refractivity contribution < 1.29 is 4.79 Å². The van der Waals surface area contributed by atoms with Crippen LogP contribution in [0.4, 0.5) is 0 Å². The van der Waals surface area contributed by atoms with Crippen LogP contribution in [0.1, 0.15) is 28.4 Å². The Morgan fingerprint density at radius 1 is 1.29 bits per heavy atom. The van der Waals surface area contributed by atoms with Gasteiger partial charge >= 0.3 is 0 Å². The Bertz CT molecular complexity index is 657. The molecule has 0 saturated carbocycles. The molecule has 2 aromatic rings. The van der Waals surface area contributed by atoms with Gasteiger partial charge in [0.25, 0.3) is 5.91 Å². The Kier molecular flexibility index (Phi) is 5.43. The van der Waals surface area contributed by atoms with E-state index in [2.05, 4.69) is 21.2 Å². The first-order valence-electron chi connectivity index (χ1n) is 6.78. The van der Waals surface area contributed by atoms with E-state index in [-0.39, 0.29) is 11.9 Å². The van der Waals surface area contributed by atoms with Crippen molar-refractivity contribution in [2.45, 2.75) is 26.3 Å². The highest BCUT2D eigenvalue weighted by molar-refractivity contribution is 9.10. The van der Waals surface area contributed by atoms with Crippen LogP contribution in [-0.4, -0.2) is 11.9 Å². The third-order valence-corrected chi connectivity index (χ3v) is 4.29. The lowest BCUT2D eigenvalue weighted by Gasteiger charge is -2.15. The molecule has 2 rings (SSSR count). The van der Waals surface area contributed by atoms with Crippen LogP contribution in [0.3, 0.4) is 0 Å². The van der Waals surface area contributed by atoms with Crippen molar-refractivity contribution >= 4 is 33.4 Å². The predicted molar refractivity (Wildman–Crippen MR) is 91.0 cm³/mol. The van der Waals surface area contributed by atoms with Gasteiger partial charge < -0.3 is 5.32 Å². The van der Waals surface area contributed by atoms with Crippen LogP contribution >= 0.6 is 27.5 Å². The van der Waals surface area contributed by atoms with Crippen molar-refractivity contribution in [1.29, 1.82) is 0 Å². The molecule has 110 valence electrons. The minimum atomic E-state index is -0.0786. The van der Waals surface area contributed by atoms with Crippen molar-refractivity contribution in [3.8, 4) is 0 Å². The maximum absolute atomic E-state index is 12.3. The van der Waals surface area contributed by atoms with Crippen molar-refractivity contribution in [2.24, 2.45) is 0 Å². The zero-order chi connectivity index (χ0) is 15.4. The zero-order valence-corrected chi connectivity index (χ0v) is 14.3. The van der Waals surface area contributed by atoms with Crippen molar-refractivity contribution in [1.82, 2.24) is 5.32 Å². The Morgan fingerprint density at radius 3 is 2.71 bits per heavy atom. The zero-order valence-electron chi connectivity index (χ0n) is 12.0. The lowest BCUT2D eigenvalue weighted by molar-refractivity contribution is 0.0939. The second kappa shape index (κ2) is 7.10. The van der Waals surface area contributed by atoms with E-state index in [1.807, 2.05) is 56.3 Å². The second-order valence-electron chi connectivity index (χ2n) is 5.15. The van der Waals surface area contributed by atoms with E-state index in [1.54, 1.807) is 0 Å². The average molecular weight is 367 g/mol. The molecule has 0 aliphatic heterocycles. The largest absolute Gasteiger partial charge is 0.349 e. The smallest absolute Gasteiger partial charge is 0.252 e. The van der Waals surface area contributed by atoms with E-state index in [0.29, 0.717) is 12.0 Å². The molecule has 4 heteroatoms. The minimum absolute atomic E-state index is 0.00446. The second-order valence-corrected chi connectivity index (χ2v) is 6.41. The van der Waals surface area contributed by atoms with Crippen LogP contribution in [0.2, 0.25) is 5.02 Å². The number of benzene rings is 2. The van der Waals surface area contributed by atoms with E-state index in [1.165, 1.54) is 0 Å². The van der Waals surface area contributed by atoms with Crippen LogP contribution in [0, 0.1) is 6.92 Å². The highest BCUT2D eigenvalue weighted by Crippen LogP contribution is 2.19. The molecule has 0 saturated heterocycles. The molecule has 0 radical (unpaired) electrons. The lowest BCUT2D eigenvalue weighted by atomic mass is 10.1. The maximum Gasteiger partial charge on any atom is 0.252 e. The molecule has 1 unspecified atom stereocenters. The summed E-state index contributed by atoms with van der Waals surface area (Å²) in [5, 5.41) is 3.74. The molecule has 21 heavy (non-hydrogen) atoms. The van der Waals surface area contributed by atoms with Crippen molar-refractivity contribution in [2.75, 3.05) is 0 Å². The molecule has 0 aliphatic rings. The molecule has 2 aromatic carbocycles. The van der Waals surface area contributed by atoms with Gasteiger partial charge in [-0.05, 0) is 60.0 Å². The third-order valence-electron chi connectivity index (χ3n) is 3.23. The topological polar surface area (TPSA) is 29.1 Å². The van der Waals surface area contributed by atoms with Crippen molar-refractivity contribution in [3.63, 3.8) is 0 Å². The number of carbonyl (C=O) groups excluding carboxylic acids is 1. The fourth-order valence-corrected chi connectivity index (χ4v) is 2.80. The molecule has 0 bridgehead atoms. The number of halogens is 2. The fourth-order valence-electron chi connectivity index (χ4n) is 2.16. The average Bonchev–Trinajstić information content (AvgIpc) is 2.44. The van der Waals surface area contributed by atoms with Gasteiger partial charge in [0.05, 0.1) is 5.56 Å². The minimum Gasteiger partial charge on any atom is -0.349 e. The van der Waals surface area contributed by atoms with E-state index in [4.69, 9.17) is 11.6 Å². The molecule has 0 spiro atoms. The molecular weight excluding hydrogens is 350 g/mol. The third kappa shape index (κ3) is 4.32. The number of carbonyl (C=O) groups is 1. The van der Waals surface area contributed by atoms with Gasteiger partial charge in [0.1, 0.15) is 0 Å². The van der Waals surface area contributed by atoms with Gasteiger partial charge in [0.15, 0.2) is 0 Å². The highest BCUT2D eigenvalue weighted by Gasteiger charge is 2.14. The predicted octanol–water partition coefficient (Wildman–Crippen LogP) is 4.77.